The molecule has 0 bridgehead atoms. The summed E-state index contributed by atoms with van der Waals surface area (Å²) >= 11 is 0. The third kappa shape index (κ3) is 3.04. The molecule has 66 valence electrons. The standard InChI is InChI=1S/C11H16O/c1-2-3-4-5-6-10-7-8-11(12)9-10/h5-6,9H,2-4,7-8H2,1H3/b6-5+. The van der Waals surface area contributed by atoms with Gasteiger partial charge in [-0.1, -0.05) is 31.9 Å². The van der Waals surface area contributed by atoms with Gasteiger partial charge < -0.3 is 0 Å². The SMILES string of the molecule is CCCC/C=C/C1=CC(=O)CC1. The molecule has 1 nitrogen and oxygen atoms in total. The van der Waals surface area contributed by atoms with Crippen molar-refractivity contribution in [2.75, 3.05) is 0 Å². The predicted octanol–water partition coefficient (Wildman–Crippen LogP) is 3.02. The van der Waals surface area contributed by atoms with Crippen LogP contribution in [0.5, 0.6) is 0 Å². The molecule has 0 aromatic heterocycles. The average Bonchev–Trinajstić information content (AvgIpc) is 2.45. The van der Waals surface area contributed by atoms with Crippen molar-refractivity contribution in [3.8, 4) is 0 Å². The van der Waals surface area contributed by atoms with Crippen LogP contribution in [-0.4, -0.2) is 5.78 Å². The second kappa shape index (κ2) is 4.91. The fourth-order valence-electron chi connectivity index (χ4n) is 1.31. The fourth-order valence-corrected chi connectivity index (χ4v) is 1.31. The highest BCUT2D eigenvalue weighted by Gasteiger charge is 2.08. The van der Waals surface area contributed by atoms with Gasteiger partial charge in [-0.15, -0.1) is 0 Å². The lowest BCUT2D eigenvalue weighted by molar-refractivity contribution is -0.114. The normalized spacial score (nSPS) is 17.4. The molecule has 0 N–H and O–H groups in total. The van der Waals surface area contributed by atoms with E-state index >= 15 is 0 Å². The van der Waals surface area contributed by atoms with Crippen molar-refractivity contribution in [3.05, 3.63) is 23.8 Å². The Labute approximate surface area is 74.2 Å². The topological polar surface area (TPSA) is 17.1 Å². The van der Waals surface area contributed by atoms with Crippen LogP contribution in [0, 0.1) is 0 Å². The maximum absolute atomic E-state index is 10.8. The molecular formula is C11H16O. The molecule has 1 aliphatic carbocycles. The minimum Gasteiger partial charge on any atom is -0.295 e. The van der Waals surface area contributed by atoms with Gasteiger partial charge in [-0.25, -0.2) is 0 Å². The van der Waals surface area contributed by atoms with Crippen LogP contribution in [0.3, 0.4) is 0 Å². The number of allylic oxidation sites excluding steroid dienone is 4. The number of ketones is 1. The summed E-state index contributed by atoms with van der Waals surface area (Å²) in [6.07, 6.45) is 11.3. The van der Waals surface area contributed by atoms with Crippen molar-refractivity contribution in [2.24, 2.45) is 0 Å². The van der Waals surface area contributed by atoms with Gasteiger partial charge in [0.25, 0.3) is 0 Å². The van der Waals surface area contributed by atoms with E-state index in [9.17, 15) is 4.79 Å². The van der Waals surface area contributed by atoms with Crippen LogP contribution in [0.15, 0.2) is 23.8 Å². The third-order valence-corrected chi connectivity index (χ3v) is 2.06. The van der Waals surface area contributed by atoms with E-state index < -0.39 is 0 Å². The predicted molar refractivity (Wildman–Crippen MR) is 51.0 cm³/mol. The molecule has 1 rings (SSSR count). The molecule has 0 spiro atoms. The van der Waals surface area contributed by atoms with Crippen molar-refractivity contribution in [2.45, 2.75) is 39.0 Å². The monoisotopic (exact) mass is 164 g/mol. The highest BCUT2D eigenvalue weighted by molar-refractivity contribution is 5.93. The van der Waals surface area contributed by atoms with Crippen LogP contribution in [-0.2, 0) is 4.79 Å². The first-order valence-corrected chi connectivity index (χ1v) is 4.73. The molecule has 0 atom stereocenters. The zero-order valence-electron chi connectivity index (χ0n) is 7.68. The Balaban J connectivity index is 2.26. The number of hydrogen-bond acceptors (Lipinski definition) is 1. The van der Waals surface area contributed by atoms with Crippen molar-refractivity contribution >= 4 is 5.78 Å². The van der Waals surface area contributed by atoms with E-state index in [0.29, 0.717) is 6.42 Å². The zero-order valence-corrected chi connectivity index (χ0v) is 7.68. The van der Waals surface area contributed by atoms with Gasteiger partial charge in [0.1, 0.15) is 0 Å². The van der Waals surface area contributed by atoms with Gasteiger partial charge in [0, 0.05) is 6.42 Å². The van der Waals surface area contributed by atoms with E-state index in [-0.39, 0.29) is 5.78 Å². The van der Waals surface area contributed by atoms with E-state index in [1.165, 1.54) is 18.4 Å². The van der Waals surface area contributed by atoms with Gasteiger partial charge in [0.15, 0.2) is 5.78 Å². The van der Waals surface area contributed by atoms with Gasteiger partial charge in [-0.05, 0) is 24.5 Å². The number of rotatable bonds is 4. The van der Waals surface area contributed by atoms with Crippen LogP contribution in [0.2, 0.25) is 0 Å². The van der Waals surface area contributed by atoms with Crippen LogP contribution < -0.4 is 0 Å². The van der Waals surface area contributed by atoms with Crippen LogP contribution >= 0.6 is 0 Å². The Morgan fingerprint density at radius 2 is 2.33 bits per heavy atom. The molecule has 0 radical (unpaired) electrons. The number of hydrogen-bond donors (Lipinski definition) is 0. The van der Waals surface area contributed by atoms with E-state index in [2.05, 4.69) is 19.1 Å². The second-order valence-corrected chi connectivity index (χ2v) is 3.23. The number of unbranched alkanes of at least 4 members (excludes halogenated alkanes) is 2. The minimum atomic E-state index is 0.283. The van der Waals surface area contributed by atoms with Gasteiger partial charge >= 0.3 is 0 Å². The lowest BCUT2D eigenvalue weighted by Gasteiger charge is -1.90. The number of carbonyl (C=O) groups is 1. The highest BCUT2D eigenvalue weighted by Crippen LogP contribution is 2.16. The Bertz CT molecular complexity index is 211. The molecule has 1 heteroatoms. The summed E-state index contributed by atoms with van der Waals surface area (Å²) in [5.41, 5.74) is 1.20. The minimum absolute atomic E-state index is 0.283. The molecule has 0 saturated carbocycles. The van der Waals surface area contributed by atoms with Crippen molar-refractivity contribution in [1.82, 2.24) is 0 Å². The summed E-state index contributed by atoms with van der Waals surface area (Å²) in [5.74, 6) is 0.283. The summed E-state index contributed by atoms with van der Waals surface area (Å²) in [6.45, 7) is 2.19. The van der Waals surface area contributed by atoms with E-state index in [4.69, 9.17) is 0 Å². The summed E-state index contributed by atoms with van der Waals surface area (Å²) in [6, 6.07) is 0. The molecule has 0 fully saturated rings. The number of carbonyl (C=O) groups excluding carboxylic acids is 1. The van der Waals surface area contributed by atoms with Gasteiger partial charge in [-0.2, -0.15) is 0 Å². The first-order valence-electron chi connectivity index (χ1n) is 4.73. The third-order valence-electron chi connectivity index (χ3n) is 2.06. The van der Waals surface area contributed by atoms with E-state index in [1.54, 1.807) is 6.08 Å². The van der Waals surface area contributed by atoms with Crippen molar-refractivity contribution in [3.63, 3.8) is 0 Å². The first-order chi connectivity index (χ1) is 5.83. The van der Waals surface area contributed by atoms with E-state index in [0.717, 1.165) is 12.8 Å². The Kier molecular flexibility index (Phi) is 3.78. The first kappa shape index (κ1) is 9.24. The van der Waals surface area contributed by atoms with Crippen LogP contribution in [0.25, 0.3) is 0 Å². The Morgan fingerprint density at radius 3 is 2.92 bits per heavy atom. The largest absolute Gasteiger partial charge is 0.295 e. The molecule has 0 heterocycles. The van der Waals surface area contributed by atoms with Crippen LogP contribution in [0.1, 0.15) is 39.0 Å². The van der Waals surface area contributed by atoms with Gasteiger partial charge in [-0.3, -0.25) is 4.79 Å². The molecule has 0 aromatic carbocycles. The molecule has 0 amide bonds. The van der Waals surface area contributed by atoms with Gasteiger partial charge in [0.05, 0.1) is 0 Å². The summed E-state index contributed by atoms with van der Waals surface area (Å²) < 4.78 is 0. The molecule has 0 unspecified atom stereocenters. The maximum atomic E-state index is 10.8. The summed E-state index contributed by atoms with van der Waals surface area (Å²) in [4.78, 5) is 10.8. The van der Waals surface area contributed by atoms with Crippen molar-refractivity contribution in [1.29, 1.82) is 0 Å². The van der Waals surface area contributed by atoms with Crippen molar-refractivity contribution < 1.29 is 4.79 Å². The molecule has 1 aliphatic rings. The summed E-state index contributed by atoms with van der Waals surface area (Å²) in [5, 5.41) is 0. The van der Waals surface area contributed by atoms with Gasteiger partial charge in [0.2, 0.25) is 0 Å². The zero-order chi connectivity index (χ0) is 8.81. The molecule has 0 aromatic rings. The molecule has 12 heavy (non-hydrogen) atoms. The Hall–Kier alpha value is -0.850. The fraction of sp³-hybridized carbons (Fsp3) is 0.545. The molecular weight excluding hydrogens is 148 g/mol. The van der Waals surface area contributed by atoms with E-state index in [1.807, 2.05) is 0 Å². The quantitative estimate of drug-likeness (QED) is 0.584. The highest BCUT2D eigenvalue weighted by atomic mass is 16.1. The Morgan fingerprint density at radius 1 is 1.50 bits per heavy atom. The molecule has 0 saturated heterocycles. The summed E-state index contributed by atoms with van der Waals surface area (Å²) in [7, 11) is 0. The average molecular weight is 164 g/mol. The second-order valence-electron chi connectivity index (χ2n) is 3.23. The molecule has 0 aliphatic heterocycles. The maximum Gasteiger partial charge on any atom is 0.156 e. The van der Waals surface area contributed by atoms with Crippen LogP contribution in [0.4, 0.5) is 0 Å². The lowest BCUT2D eigenvalue weighted by Crippen LogP contribution is -1.80. The smallest absolute Gasteiger partial charge is 0.156 e. The lowest BCUT2D eigenvalue weighted by atomic mass is 10.2.